The van der Waals surface area contributed by atoms with Crippen molar-refractivity contribution >= 4 is 5.91 Å². The molecule has 3 rings (SSSR count). The van der Waals surface area contributed by atoms with E-state index in [1.54, 1.807) is 12.3 Å². The number of nitrogens with one attached hydrogen (secondary N) is 1. The molecule has 3 N–H and O–H groups in total. The fraction of sp³-hybridized carbons (Fsp3) is 0.389. The van der Waals surface area contributed by atoms with Crippen molar-refractivity contribution in [3.63, 3.8) is 0 Å². The van der Waals surface area contributed by atoms with Crippen LogP contribution >= 0.6 is 0 Å². The minimum absolute atomic E-state index is 0.0757. The number of primary amides is 1. The van der Waals surface area contributed by atoms with Crippen molar-refractivity contribution < 1.29 is 18.0 Å². The molecule has 1 aromatic heterocycles. The third-order valence-corrected chi connectivity index (χ3v) is 4.96. The Bertz CT molecular complexity index is 882. The molecule has 0 saturated heterocycles. The van der Waals surface area contributed by atoms with Crippen LogP contribution in [0.1, 0.15) is 47.3 Å². The van der Waals surface area contributed by atoms with E-state index in [4.69, 9.17) is 11.1 Å². The fourth-order valence-electron chi connectivity index (χ4n) is 3.65. The van der Waals surface area contributed by atoms with Gasteiger partial charge in [-0.15, -0.1) is 0 Å². The van der Waals surface area contributed by atoms with Crippen LogP contribution in [0.5, 0.6) is 0 Å². The van der Waals surface area contributed by atoms with E-state index in [0.29, 0.717) is 12.1 Å². The average Bonchev–Trinajstić information content (AvgIpc) is 3.05. The van der Waals surface area contributed by atoms with Gasteiger partial charge in [-0.1, -0.05) is 31.0 Å². The largest absolute Gasteiger partial charge is 0.416 e. The van der Waals surface area contributed by atoms with Crippen molar-refractivity contribution in [1.29, 1.82) is 5.41 Å². The maximum atomic E-state index is 13.1. The van der Waals surface area contributed by atoms with E-state index in [-0.39, 0.29) is 11.1 Å². The quantitative estimate of drug-likeness (QED) is 0.874. The molecule has 26 heavy (non-hydrogen) atoms. The predicted octanol–water partition coefficient (Wildman–Crippen LogP) is 2.99. The first-order valence-electron chi connectivity index (χ1n) is 8.31. The van der Waals surface area contributed by atoms with Gasteiger partial charge in [0.15, 0.2) is 5.69 Å². The summed E-state index contributed by atoms with van der Waals surface area (Å²) in [5.41, 5.74) is 4.56. The Kier molecular flexibility index (Phi) is 4.60. The number of nitrogens with zero attached hydrogens (tertiary/aromatic N) is 2. The summed E-state index contributed by atoms with van der Waals surface area (Å²) in [5, 5.41) is 11.7. The van der Waals surface area contributed by atoms with E-state index >= 15 is 0 Å². The highest BCUT2D eigenvalue weighted by Gasteiger charge is 2.38. The lowest BCUT2D eigenvalue weighted by atomic mass is 9.78. The van der Waals surface area contributed by atoms with Crippen LogP contribution < -0.4 is 11.1 Å². The zero-order chi connectivity index (χ0) is 18.9. The van der Waals surface area contributed by atoms with Crippen molar-refractivity contribution in [3.05, 3.63) is 58.7 Å². The lowest BCUT2D eigenvalue weighted by Crippen LogP contribution is -2.33. The fourth-order valence-corrected chi connectivity index (χ4v) is 3.65. The van der Waals surface area contributed by atoms with Gasteiger partial charge in [-0.3, -0.25) is 14.9 Å². The van der Waals surface area contributed by atoms with Gasteiger partial charge in [0.25, 0.3) is 5.91 Å². The minimum Gasteiger partial charge on any atom is -0.364 e. The Balaban J connectivity index is 2.01. The third-order valence-electron chi connectivity index (χ3n) is 4.96. The molecule has 0 bridgehead atoms. The second-order valence-electron chi connectivity index (χ2n) is 6.71. The lowest BCUT2D eigenvalue weighted by Gasteiger charge is -2.31. The molecule has 1 aliphatic rings. The SMILES string of the molecule is N=c1ccn(CC2(c3cccc(C(F)(F)F)c3)CCCC2)nc1C(N)=O. The summed E-state index contributed by atoms with van der Waals surface area (Å²) in [7, 11) is 0. The Morgan fingerprint density at radius 2 is 1.96 bits per heavy atom. The minimum atomic E-state index is -4.40. The molecule has 1 amide bonds. The van der Waals surface area contributed by atoms with Crippen LogP contribution in [0.3, 0.4) is 0 Å². The number of carbonyl (C=O) groups excluding carboxylic acids is 1. The topological polar surface area (TPSA) is 84.8 Å². The molecule has 0 unspecified atom stereocenters. The normalized spacial score (nSPS) is 16.6. The molecule has 5 nitrogen and oxygen atoms in total. The number of nitrogens with two attached hydrogens (primary N) is 1. The molecular weight excluding hydrogens is 345 g/mol. The molecule has 1 saturated carbocycles. The Morgan fingerprint density at radius 1 is 1.27 bits per heavy atom. The van der Waals surface area contributed by atoms with Crippen LogP contribution in [0.2, 0.25) is 0 Å². The maximum Gasteiger partial charge on any atom is 0.416 e. The summed E-state index contributed by atoms with van der Waals surface area (Å²) in [6, 6.07) is 6.84. The molecule has 0 radical (unpaired) electrons. The summed E-state index contributed by atoms with van der Waals surface area (Å²) in [6.45, 7) is 0.328. The van der Waals surface area contributed by atoms with Crippen LogP contribution in [0, 0.1) is 5.41 Å². The number of halogens is 3. The van der Waals surface area contributed by atoms with Crippen molar-refractivity contribution in [2.75, 3.05) is 0 Å². The molecule has 1 heterocycles. The summed E-state index contributed by atoms with van der Waals surface area (Å²) >= 11 is 0. The van der Waals surface area contributed by atoms with E-state index in [2.05, 4.69) is 5.10 Å². The van der Waals surface area contributed by atoms with Crippen LogP contribution in [0.4, 0.5) is 13.2 Å². The molecule has 138 valence electrons. The van der Waals surface area contributed by atoms with E-state index in [0.717, 1.165) is 31.7 Å². The Hall–Kier alpha value is -2.64. The second kappa shape index (κ2) is 6.59. The van der Waals surface area contributed by atoms with Gasteiger partial charge >= 0.3 is 6.18 Å². The predicted molar refractivity (Wildman–Crippen MR) is 88.2 cm³/mol. The highest BCUT2D eigenvalue weighted by atomic mass is 19.4. The van der Waals surface area contributed by atoms with Gasteiger partial charge in [0.1, 0.15) is 0 Å². The van der Waals surface area contributed by atoms with E-state index in [9.17, 15) is 18.0 Å². The summed E-state index contributed by atoms with van der Waals surface area (Å²) in [5.74, 6) is -0.802. The van der Waals surface area contributed by atoms with Crippen molar-refractivity contribution in [3.8, 4) is 0 Å². The molecular formula is C18H19F3N4O. The summed E-state index contributed by atoms with van der Waals surface area (Å²) in [4.78, 5) is 11.4. The van der Waals surface area contributed by atoms with Crippen LogP contribution in [-0.2, 0) is 18.1 Å². The third kappa shape index (κ3) is 3.49. The average molecular weight is 364 g/mol. The highest BCUT2D eigenvalue weighted by Crippen LogP contribution is 2.43. The number of aromatic nitrogens is 2. The van der Waals surface area contributed by atoms with Crippen LogP contribution in [-0.4, -0.2) is 15.7 Å². The van der Waals surface area contributed by atoms with Gasteiger partial charge in [-0.25, -0.2) is 0 Å². The molecule has 0 aliphatic heterocycles. The van der Waals surface area contributed by atoms with E-state index in [1.165, 1.54) is 22.9 Å². The van der Waals surface area contributed by atoms with Gasteiger partial charge in [-0.05, 0) is 30.5 Å². The van der Waals surface area contributed by atoms with Crippen molar-refractivity contribution in [2.24, 2.45) is 5.73 Å². The number of hydrogen-bond acceptors (Lipinski definition) is 3. The number of benzene rings is 1. The van der Waals surface area contributed by atoms with E-state index < -0.39 is 23.1 Å². The van der Waals surface area contributed by atoms with Gasteiger partial charge in [0.2, 0.25) is 0 Å². The monoisotopic (exact) mass is 364 g/mol. The van der Waals surface area contributed by atoms with Gasteiger partial charge in [-0.2, -0.15) is 18.3 Å². The molecule has 1 aromatic carbocycles. The van der Waals surface area contributed by atoms with Crippen molar-refractivity contribution in [2.45, 2.75) is 43.8 Å². The van der Waals surface area contributed by atoms with Gasteiger partial charge in [0, 0.05) is 11.6 Å². The van der Waals surface area contributed by atoms with Crippen molar-refractivity contribution in [1.82, 2.24) is 9.78 Å². The number of amides is 1. The van der Waals surface area contributed by atoms with Gasteiger partial charge in [0.05, 0.1) is 17.5 Å². The molecule has 1 aliphatic carbocycles. The first-order valence-corrected chi connectivity index (χ1v) is 8.31. The lowest BCUT2D eigenvalue weighted by molar-refractivity contribution is -0.137. The molecule has 0 spiro atoms. The van der Waals surface area contributed by atoms with E-state index in [1.807, 2.05) is 0 Å². The Morgan fingerprint density at radius 3 is 2.58 bits per heavy atom. The number of hydrogen-bond donors (Lipinski definition) is 2. The van der Waals surface area contributed by atoms with Crippen LogP contribution in [0.15, 0.2) is 36.5 Å². The zero-order valence-electron chi connectivity index (χ0n) is 14.0. The zero-order valence-corrected chi connectivity index (χ0v) is 14.0. The number of rotatable bonds is 4. The summed E-state index contributed by atoms with van der Waals surface area (Å²) in [6.07, 6.45) is 0.455. The Labute approximate surface area is 148 Å². The first kappa shape index (κ1) is 18.2. The molecule has 0 atom stereocenters. The molecule has 2 aromatic rings. The highest BCUT2D eigenvalue weighted by molar-refractivity contribution is 5.90. The first-order chi connectivity index (χ1) is 12.2. The van der Waals surface area contributed by atoms with Gasteiger partial charge < -0.3 is 5.73 Å². The number of carbonyl (C=O) groups is 1. The number of alkyl halides is 3. The molecule has 8 heteroatoms. The smallest absolute Gasteiger partial charge is 0.364 e. The summed E-state index contributed by atoms with van der Waals surface area (Å²) < 4.78 is 40.8. The standard InChI is InChI=1S/C18H19F3N4O/c19-18(20,21)13-5-3-4-12(10-13)17(7-1-2-8-17)11-25-9-6-14(22)15(24-25)16(23)26/h3-6,9-10,22H,1-2,7-8,11H2,(H2,23,26). The van der Waals surface area contributed by atoms with Crippen LogP contribution in [0.25, 0.3) is 0 Å². The maximum absolute atomic E-state index is 13.1. The second-order valence-corrected chi connectivity index (χ2v) is 6.71. The molecule has 1 fully saturated rings.